The fraction of sp³-hybridized carbons (Fsp3) is 0.0556. The molecule has 2 heterocycles. The van der Waals surface area contributed by atoms with Gasteiger partial charge in [-0.15, -0.1) is 0 Å². The molecule has 0 saturated carbocycles. The zero-order valence-corrected chi connectivity index (χ0v) is 13.0. The third-order valence-electron chi connectivity index (χ3n) is 4.25. The number of nitrogen functional groups attached to an aromatic ring is 1. The molecule has 6 heteroatoms. The van der Waals surface area contributed by atoms with Crippen LogP contribution in [-0.2, 0) is 0 Å². The van der Waals surface area contributed by atoms with Crippen molar-refractivity contribution < 1.29 is 4.79 Å². The maximum atomic E-state index is 11.8. The fourth-order valence-electron chi connectivity index (χ4n) is 3.14. The molecule has 24 heavy (non-hydrogen) atoms. The van der Waals surface area contributed by atoms with Gasteiger partial charge in [0, 0.05) is 16.3 Å². The second kappa shape index (κ2) is 5.06. The Bertz CT molecular complexity index is 1110. The number of nitrogens with zero attached hydrogens (tertiary/aromatic N) is 2. The van der Waals surface area contributed by atoms with Crippen molar-refractivity contribution in [2.45, 2.75) is 6.92 Å². The number of amides is 1. The summed E-state index contributed by atoms with van der Waals surface area (Å²) in [5.41, 5.74) is 16.5. The first kappa shape index (κ1) is 14.2. The molecule has 0 aliphatic rings. The van der Waals surface area contributed by atoms with Crippen molar-refractivity contribution in [2.75, 3.05) is 5.73 Å². The highest BCUT2D eigenvalue weighted by molar-refractivity contribution is 6.13. The topological polar surface area (TPSA) is 111 Å². The molecule has 0 atom stereocenters. The first-order valence-electron chi connectivity index (χ1n) is 7.49. The normalized spacial score (nSPS) is 11.2. The Morgan fingerprint density at radius 3 is 2.67 bits per heavy atom. The van der Waals surface area contributed by atoms with Crippen molar-refractivity contribution in [1.82, 2.24) is 15.2 Å². The van der Waals surface area contributed by atoms with Crippen molar-refractivity contribution in [1.29, 1.82) is 0 Å². The molecule has 4 aromatic rings. The number of hydrogen-bond donors (Lipinski definition) is 3. The molecule has 5 N–H and O–H groups in total. The molecule has 0 bridgehead atoms. The zero-order valence-electron chi connectivity index (χ0n) is 13.0. The molecule has 0 unspecified atom stereocenters. The van der Waals surface area contributed by atoms with E-state index in [1.54, 1.807) is 6.20 Å². The van der Waals surface area contributed by atoms with E-state index in [1.807, 2.05) is 43.3 Å². The van der Waals surface area contributed by atoms with Gasteiger partial charge in [-0.3, -0.25) is 9.89 Å². The summed E-state index contributed by atoms with van der Waals surface area (Å²) in [7, 11) is 0. The number of hydrogen-bond acceptors (Lipinski definition) is 4. The van der Waals surface area contributed by atoms with Crippen molar-refractivity contribution in [3.8, 4) is 11.1 Å². The van der Waals surface area contributed by atoms with Gasteiger partial charge in [-0.05, 0) is 30.2 Å². The Kier molecular flexibility index (Phi) is 2.99. The van der Waals surface area contributed by atoms with Crippen LogP contribution in [0, 0.1) is 6.92 Å². The van der Waals surface area contributed by atoms with Gasteiger partial charge >= 0.3 is 0 Å². The van der Waals surface area contributed by atoms with Crippen molar-refractivity contribution in [2.24, 2.45) is 5.73 Å². The van der Waals surface area contributed by atoms with E-state index in [0.29, 0.717) is 5.52 Å². The van der Waals surface area contributed by atoms with Gasteiger partial charge in [0.25, 0.3) is 5.91 Å². The summed E-state index contributed by atoms with van der Waals surface area (Å²) in [5, 5.41) is 8.90. The van der Waals surface area contributed by atoms with E-state index in [-0.39, 0.29) is 11.4 Å². The van der Waals surface area contributed by atoms with Crippen LogP contribution in [-0.4, -0.2) is 21.1 Å². The highest BCUT2D eigenvalue weighted by Gasteiger charge is 2.20. The van der Waals surface area contributed by atoms with Crippen LogP contribution in [0.15, 0.2) is 42.6 Å². The molecule has 0 saturated heterocycles. The van der Waals surface area contributed by atoms with Crippen LogP contribution in [0.1, 0.15) is 16.1 Å². The molecule has 0 fully saturated rings. The maximum absolute atomic E-state index is 11.8. The van der Waals surface area contributed by atoms with Gasteiger partial charge < -0.3 is 11.5 Å². The molecular weight excluding hydrogens is 302 g/mol. The van der Waals surface area contributed by atoms with E-state index in [2.05, 4.69) is 15.2 Å². The number of primary amides is 1. The number of benzene rings is 2. The van der Waals surface area contributed by atoms with Crippen LogP contribution in [0.3, 0.4) is 0 Å². The van der Waals surface area contributed by atoms with E-state index in [1.165, 1.54) is 0 Å². The minimum absolute atomic E-state index is 0.0867. The quantitative estimate of drug-likeness (QED) is 0.528. The highest BCUT2D eigenvalue weighted by Crippen LogP contribution is 2.40. The summed E-state index contributed by atoms with van der Waals surface area (Å²) in [4.78, 5) is 16.1. The average Bonchev–Trinajstić information content (AvgIpc) is 3.04. The lowest BCUT2D eigenvalue weighted by Gasteiger charge is -2.15. The minimum Gasteiger partial charge on any atom is -0.396 e. The van der Waals surface area contributed by atoms with E-state index in [4.69, 9.17) is 11.5 Å². The molecule has 118 valence electrons. The van der Waals surface area contributed by atoms with Gasteiger partial charge in [0.05, 0.1) is 22.9 Å². The summed E-state index contributed by atoms with van der Waals surface area (Å²) in [6.07, 6.45) is 1.76. The molecule has 4 rings (SSSR count). The number of nitrogens with two attached hydrogens (primary N) is 2. The smallest absolute Gasteiger partial charge is 0.269 e. The molecule has 1 amide bonds. The first-order valence-corrected chi connectivity index (χ1v) is 7.49. The van der Waals surface area contributed by atoms with Crippen LogP contribution in [0.5, 0.6) is 0 Å². The van der Waals surface area contributed by atoms with Gasteiger partial charge in [0.15, 0.2) is 5.69 Å². The second-order valence-corrected chi connectivity index (χ2v) is 5.72. The lowest BCUT2D eigenvalue weighted by molar-refractivity contribution is 0.0997. The van der Waals surface area contributed by atoms with Crippen molar-refractivity contribution in [3.63, 3.8) is 0 Å². The number of anilines is 1. The number of carbonyl (C=O) groups excluding carboxylic acids is 1. The number of nitrogens with one attached hydrogen (secondary N) is 1. The zero-order chi connectivity index (χ0) is 16.8. The molecule has 2 aromatic heterocycles. The molecular formula is C18H15N5O. The van der Waals surface area contributed by atoms with E-state index in [0.717, 1.165) is 33.0 Å². The number of para-hydroxylation sites is 1. The van der Waals surface area contributed by atoms with Gasteiger partial charge in [0.1, 0.15) is 0 Å². The van der Waals surface area contributed by atoms with E-state index < -0.39 is 5.91 Å². The Morgan fingerprint density at radius 2 is 1.88 bits per heavy atom. The number of aryl methyl sites for hydroxylation is 1. The Labute approximate surface area is 137 Å². The first-order chi connectivity index (χ1) is 11.6. The van der Waals surface area contributed by atoms with Gasteiger partial charge in [-0.25, -0.2) is 4.98 Å². The molecule has 0 spiro atoms. The van der Waals surface area contributed by atoms with Crippen LogP contribution in [0.25, 0.3) is 32.9 Å². The van der Waals surface area contributed by atoms with Crippen LogP contribution < -0.4 is 11.5 Å². The summed E-state index contributed by atoms with van der Waals surface area (Å²) < 4.78 is 0. The van der Waals surface area contributed by atoms with Gasteiger partial charge in [-0.2, -0.15) is 5.10 Å². The van der Waals surface area contributed by atoms with E-state index in [9.17, 15) is 4.79 Å². The number of fused-ring (bicyclic) bond motifs is 2. The average molecular weight is 317 g/mol. The van der Waals surface area contributed by atoms with Crippen LogP contribution >= 0.6 is 0 Å². The second-order valence-electron chi connectivity index (χ2n) is 5.72. The number of carbonyl (C=O) groups is 1. The number of rotatable bonds is 2. The Morgan fingerprint density at radius 1 is 1.08 bits per heavy atom. The lowest BCUT2D eigenvalue weighted by Crippen LogP contribution is -2.16. The minimum atomic E-state index is -0.642. The maximum Gasteiger partial charge on any atom is 0.269 e. The molecule has 0 radical (unpaired) electrons. The monoisotopic (exact) mass is 317 g/mol. The summed E-state index contributed by atoms with van der Waals surface area (Å²) in [5.74, 6) is -0.642. The van der Waals surface area contributed by atoms with Gasteiger partial charge in [-0.1, -0.05) is 24.3 Å². The number of aromatic amines is 1. The number of aromatic nitrogens is 3. The lowest BCUT2D eigenvalue weighted by atomic mass is 9.92. The third-order valence-corrected chi connectivity index (χ3v) is 4.25. The fourth-order valence-corrected chi connectivity index (χ4v) is 3.14. The predicted molar refractivity (Wildman–Crippen MR) is 94.5 cm³/mol. The SMILES string of the molecule is Cc1ccc2[nH]ncc2c1-c1c(N)c(C(N)=O)nc2ccccc12. The summed E-state index contributed by atoms with van der Waals surface area (Å²) in [6, 6.07) is 11.5. The van der Waals surface area contributed by atoms with Crippen LogP contribution in [0.2, 0.25) is 0 Å². The number of H-pyrrole nitrogens is 1. The largest absolute Gasteiger partial charge is 0.396 e. The third kappa shape index (κ3) is 1.93. The Hall–Kier alpha value is -3.41. The standard InChI is InChI=1S/C18H15N5O/c1-9-6-7-13-11(8-21-23-13)14(9)15-10-4-2-3-5-12(10)22-17(16(15)19)18(20)24/h2-8H,19H2,1H3,(H2,20,24)(H,21,23). The molecule has 6 nitrogen and oxygen atoms in total. The summed E-state index contributed by atoms with van der Waals surface area (Å²) in [6.45, 7) is 2.00. The predicted octanol–water partition coefficient (Wildman–Crippen LogP) is 2.77. The van der Waals surface area contributed by atoms with Crippen molar-refractivity contribution >= 4 is 33.4 Å². The molecule has 0 aliphatic heterocycles. The molecule has 2 aromatic carbocycles. The number of pyridine rings is 1. The van der Waals surface area contributed by atoms with Crippen LogP contribution in [0.4, 0.5) is 5.69 Å². The Balaban J connectivity index is 2.24. The van der Waals surface area contributed by atoms with Crippen molar-refractivity contribution in [3.05, 3.63) is 53.9 Å². The van der Waals surface area contributed by atoms with Gasteiger partial charge in [0.2, 0.25) is 0 Å². The van der Waals surface area contributed by atoms with E-state index >= 15 is 0 Å². The molecule has 0 aliphatic carbocycles. The summed E-state index contributed by atoms with van der Waals surface area (Å²) >= 11 is 0. The highest BCUT2D eigenvalue weighted by atomic mass is 16.1.